The van der Waals surface area contributed by atoms with E-state index in [-0.39, 0.29) is 0 Å². The average Bonchev–Trinajstić information content (AvgIpc) is 2.89. The Hall–Kier alpha value is -2.16. The fourth-order valence-corrected chi connectivity index (χ4v) is 1.49. The van der Waals surface area contributed by atoms with Crippen LogP contribution in [0.25, 0.3) is 12.2 Å². The van der Waals surface area contributed by atoms with Crippen molar-refractivity contribution in [2.24, 2.45) is 0 Å². The lowest BCUT2D eigenvalue weighted by atomic mass is 10.1. The Morgan fingerprint density at radius 2 is 1.59 bits per heavy atom. The zero-order chi connectivity index (χ0) is 12.1. The van der Waals surface area contributed by atoms with Crippen LogP contribution < -0.4 is 9.47 Å². The van der Waals surface area contributed by atoms with Crippen LogP contribution in [-0.4, -0.2) is 14.2 Å². The number of benzene rings is 1. The molecule has 2 aromatic rings. The SMILES string of the molecule is COc1cc(/C=C\c2ccoc2)cc(OC)c1. The van der Waals surface area contributed by atoms with Crippen LogP contribution in [0.1, 0.15) is 11.1 Å². The van der Waals surface area contributed by atoms with Crippen LogP contribution in [0, 0.1) is 0 Å². The van der Waals surface area contributed by atoms with Gasteiger partial charge in [-0.15, -0.1) is 0 Å². The second kappa shape index (κ2) is 5.25. The summed E-state index contributed by atoms with van der Waals surface area (Å²) in [5.74, 6) is 1.55. The van der Waals surface area contributed by atoms with E-state index in [1.807, 2.05) is 36.4 Å². The fraction of sp³-hybridized carbons (Fsp3) is 0.143. The Morgan fingerprint density at radius 1 is 0.941 bits per heavy atom. The van der Waals surface area contributed by atoms with Crippen LogP contribution in [0.2, 0.25) is 0 Å². The van der Waals surface area contributed by atoms with Crippen molar-refractivity contribution in [3.63, 3.8) is 0 Å². The van der Waals surface area contributed by atoms with Crippen molar-refractivity contribution in [1.29, 1.82) is 0 Å². The van der Waals surface area contributed by atoms with Crippen LogP contribution >= 0.6 is 0 Å². The minimum absolute atomic E-state index is 0.774. The van der Waals surface area contributed by atoms with E-state index in [4.69, 9.17) is 13.9 Å². The van der Waals surface area contributed by atoms with Gasteiger partial charge in [0.25, 0.3) is 0 Å². The molecule has 3 nitrogen and oxygen atoms in total. The van der Waals surface area contributed by atoms with Gasteiger partial charge in [0, 0.05) is 11.6 Å². The van der Waals surface area contributed by atoms with E-state index in [0.717, 1.165) is 22.6 Å². The first-order valence-electron chi connectivity index (χ1n) is 5.25. The zero-order valence-corrected chi connectivity index (χ0v) is 9.84. The molecule has 0 unspecified atom stereocenters. The maximum absolute atomic E-state index is 5.20. The average molecular weight is 230 g/mol. The lowest BCUT2D eigenvalue weighted by Gasteiger charge is -2.05. The number of ether oxygens (including phenoxy) is 2. The maximum atomic E-state index is 5.20. The van der Waals surface area contributed by atoms with Crippen molar-refractivity contribution in [2.75, 3.05) is 14.2 Å². The predicted molar refractivity (Wildman–Crippen MR) is 67.2 cm³/mol. The smallest absolute Gasteiger partial charge is 0.123 e. The van der Waals surface area contributed by atoms with Crippen LogP contribution in [0.4, 0.5) is 0 Å². The molecular formula is C14H14O3. The summed E-state index contributed by atoms with van der Waals surface area (Å²) in [5.41, 5.74) is 2.04. The molecule has 2 rings (SSSR count). The number of furan rings is 1. The van der Waals surface area contributed by atoms with Crippen molar-refractivity contribution < 1.29 is 13.9 Å². The highest BCUT2D eigenvalue weighted by Gasteiger charge is 1.99. The van der Waals surface area contributed by atoms with E-state index >= 15 is 0 Å². The third-order valence-corrected chi connectivity index (χ3v) is 2.39. The summed E-state index contributed by atoms with van der Waals surface area (Å²) in [6.07, 6.45) is 7.29. The van der Waals surface area contributed by atoms with E-state index in [0.29, 0.717) is 0 Å². The Labute approximate surface area is 100 Å². The summed E-state index contributed by atoms with van der Waals surface area (Å²) >= 11 is 0. The molecule has 0 bridgehead atoms. The number of hydrogen-bond acceptors (Lipinski definition) is 3. The van der Waals surface area contributed by atoms with Gasteiger partial charge in [0.05, 0.1) is 26.7 Å². The van der Waals surface area contributed by atoms with E-state index in [1.165, 1.54) is 0 Å². The van der Waals surface area contributed by atoms with Gasteiger partial charge in [-0.25, -0.2) is 0 Å². The quantitative estimate of drug-likeness (QED) is 0.806. The molecule has 0 N–H and O–H groups in total. The maximum Gasteiger partial charge on any atom is 0.123 e. The number of methoxy groups -OCH3 is 2. The first kappa shape index (κ1) is 11.3. The molecule has 88 valence electrons. The van der Waals surface area contributed by atoms with Crippen molar-refractivity contribution in [3.8, 4) is 11.5 Å². The van der Waals surface area contributed by atoms with E-state index in [2.05, 4.69) is 0 Å². The summed E-state index contributed by atoms with van der Waals surface area (Å²) < 4.78 is 15.4. The first-order valence-corrected chi connectivity index (χ1v) is 5.25. The van der Waals surface area contributed by atoms with Gasteiger partial charge in [0.2, 0.25) is 0 Å². The summed E-state index contributed by atoms with van der Waals surface area (Å²) in [4.78, 5) is 0. The minimum Gasteiger partial charge on any atom is -0.497 e. The second-order valence-corrected chi connectivity index (χ2v) is 3.54. The second-order valence-electron chi connectivity index (χ2n) is 3.54. The Kier molecular flexibility index (Phi) is 3.50. The highest BCUT2D eigenvalue weighted by Crippen LogP contribution is 2.23. The van der Waals surface area contributed by atoms with Crippen LogP contribution in [0.3, 0.4) is 0 Å². The molecule has 1 heterocycles. The lowest BCUT2D eigenvalue weighted by molar-refractivity contribution is 0.394. The number of hydrogen-bond donors (Lipinski definition) is 0. The Morgan fingerprint density at radius 3 is 2.12 bits per heavy atom. The predicted octanol–water partition coefficient (Wildman–Crippen LogP) is 3.47. The van der Waals surface area contributed by atoms with Crippen LogP contribution in [-0.2, 0) is 0 Å². The van der Waals surface area contributed by atoms with E-state index in [1.54, 1.807) is 26.7 Å². The third kappa shape index (κ3) is 2.91. The molecule has 17 heavy (non-hydrogen) atoms. The molecule has 0 atom stereocenters. The molecule has 0 aliphatic heterocycles. The molecule has 0 spiro atoms. The summed E-state index contributed by atoms with van der Waals surface area (Å²) in [5, 5.41) is 0. The third-order valence-electron chi connectivity index (χ3n) is 2.39. The largest absolute Gasteiger partial charge is 0.497 e. The normalized spacial score (nSPS) is 10.7. The van der Waals surface area contributed by atoms with Gasteiger partial charge < -0.3 is 13.9 Å². The molecule has 3 heteroatoms. The van der Waals surface area contributed by atoms with Crippen molar-refractivity contribution in [1.82, 2.24) is 0 Å². The van der Waals surface area contributed by atoms with Gasteiger partial charge in [-0.05, 0) is 23.8 Å². The van der Waals surface area contributed by atoms with Gasteiger partial charge >= 0.3 is 0 Å². The van der Waals surface area contributed by atoms with Gasteiger partial charge in [-0.1, -0.05) is 12.2 Å². The molecule has 0 aliphatic rings. The van der Waals surface area contributed by atoms with Gasteiger partial charge in [0.15, 0.2) is 0 Å². The van der Waals surface area contributed by atoms with E-state index < -0.39 is 0 Å². The van der Waals surface area contributed by atoms with E-state index in [9.17, 15) is 0 Å². The molecule has 0 amide bonds. The van der Waals surface area contributed by atoms with Gasteiger partial charge in [0.1, 0.15) is 11.5 Å². The molecule has 0 aliphatic carbocycles. The molecule has 0 saturated heterocycles. The molecule has 0 radical (unpaired) electrons. The molecule has 1 aromatic carbocycles. The summed E-state index contributed by atoms with van der Waals surface area (Å²) in [7, 11) is 3.27. The molecule has 0 fully saturated rings. The fourth-order valence-electron chi connectivity index (χ4n) is 1.49. The van der Waals surface area contributed by atoms with Gasteiger partial charge in [-0.3, -0.25) is 0 Å². The van der Waals surface area contributed by atoms with Crippen molar-refractivity contribution in [3.05, 3.63) is 47.9 Å². The monoisotopic (exact) mass is 230 g/mol. The van der Waals surface area contributed by atoms with Crippen molar-refractivity contribution in [2.45, 2.75) is 0 Å². The summed E-state index contributed by atoms with van der Waals surface area (Å²) in [6.45, 7) is 0. The zero-order valence-electron chi connectivity index (χ0n) is 9.84. The Balaban J connectivity index is 2.25. The molecule has 1 aromatic heterocycles. The molecular weight excluding hydrogens is 216 g/mol. The first-order chi connectivity index (χ1) is 8.31. The summed E-state index contributed by atoms with van der Waals surface area (Å²) in [6, 6.07) is 7.63. The lowest BCUT2D eigenvalue weighted by Crippen LogP contribution is -1.87. The highest BCUT2D eigenvalue weighted by atomic mass is 16.5. The van der Waals surface area contributed by atoms with Crippen LogP contribution in [0.5, 0.6) is 11.5 Å². The number of rotatable bonds is 4. The van der Waals surface area contributed by atoms with Gasteiger partial charge in [-0.2, -0.15) is 0 Å². The standard InChI is InChI=1S/C14H14O3/c1-15-13-7-12(8-14(9-13)16-2)4-3-11-5-6-17-10-11/h3-10H,1-2H3/b4-3-. The molecule has 0 saturated carbocycles. The van der Waals surface area contributed by atoms with Crippen molar-refractivity contribution >= 4 is 12.2 Å². The minimum atomic E-state index is 0.774. The topological polar surface area (TPSA) is 31.6 Å². The highest BCUT2D eigenvalue weighted by molar-refractivity contribution is 5.70. The Bertz CT molecular complexity index is 476. The van der Waals surface area contributed by atoms with Crippen LogP contribution in [0.15, 0.2) is 41.2 Å².